The third-order valence-corrected chi connectivity index (χ3v) is 4.32. The van der Waals surface area contributed by atoms with Crippen LogP contribution in [0.15, 0.2) is 36.5 Å². The number of benzene rings is 1. The smallest absolute Gasteiger partial charge is 0.110 e. The summed E-state index contributed by atoms with van der Waals surface area (Å²) in [6.45, 7) is 3.39. The number of aryl methyl sites for hydroxylation is 1. The molecule has 0 atom stereocenters. The van der Waals surface area contributed by atoms with Crippen LogP contribution in [0.1, 0.15) is 37.2 Å². The van der Waals surface area contributed by atoms with Crippen LogP contribution in [0.3, 0.4) is 0 Å². The second-order valence-corrected chi connectivity index (χ2v) is 6.00. The molecule has 112 valence electrons. The monoisotopic (exact) mass is 285 g/mol. The zero-order valence-corrected chi connectivity index (χ0v) is 12.5. The fourth-order valence-corrected chi connectivity index (χ4v) is 3.18. The zero-order chi connectivity index (χ0) is 14.7. The summed E-state index contributed by atoms with van der Waals surface area (Å²) in [6, 6.07) is 10.3. The Labute approximate surface area is 125 Å². The van der Waals surface area contributed by atoms with E-state index in [4.69, 9.17) is 0 Å². The summed E-state index contributed by atoms with van der Waals surface area (Å²) in [6.07, 6.45) is 6.01. The lowest BCUT2D eigenvalue weighted by Gasteiger charge is -2.22. The Balaban J connectivity index is 1.69. The first-order valence-electron chi connectivity index (χ1n) is 7.70. The highest BCUT2D eigenvalue weighted by Gasteiger charge is 2.30. The summed E-state index contributed by atoms with van der Waals surface area (Å²) in [4.78, 5) is 4.42. The predicted molar refractivity (Wildman–Crippen MR) is 83.4 cm³/mol. The van der Waals surface area contributed by atoms with Crippen LogP contribution in [-0.4, -0.2) is 26.8 Å². The van der Waals surface area contributed by atoms with Gasteiger partial charge in [-0.3, -0.25) is 4.57 Å². The molecule has 1 aliphatic rings. The number of hydrogen-bond donors (Lipinski definition) is 2. The number of imidazole rings is 1. The van der Waals surface area contributed by atoms with Gasteiger partial charge in [0.05, 0.1) is 17.5 Å². The van der Waals surface area contributed by atoms with Crippen LogP contribution in [0.5, 0.6) is 0 Å². The van der Waals surface area contributed by atoms with E-state index in [-0.39, 0.29) is 0 Å². The molecule has 3 rings (SSSR count). The highest BCUT2D eigenvalue weighted by atomic mass is 16.3. The van der Waals surface area contributed by atoms with E-state index in [0.29, 0.717) is 6.54 Å². The second-order valence-electron chi connectivity index (χ2n) is 6.00. The molecule has 1 aliphatic carbocycles. The standard InChI is InChI=1S/C17H23N3O/c1-14-19-12-16(20(14)15-7-3-2-4-8-15)11-18-13-17(21)9-5-6-10-17/h2-4,7-8,12,18,21H,5-6,9-11,13H2,1H3. The van der Waals surface area contributed by atoms with Gasteiger partial charge in [0.25, 0.3) is 0 Å². The Morgan fingerprint density at radius 3 is 2.67 bits per heavy atom. The summed E-state index contributed by atoms with van der Waals surface area (Å²) < 4.78 is 2.16. The molecule has 4 heteroatoms. The van der Waals surface area contributed by atoms with Crippen LogP contribution >= 0.6 is 0 Å². The fraction of sp³-hybridized carbons (Fsp3) is 0.471. The minimum absolute atomic E-state index is 0.507. The van der Waals surface area contributed by atoms with E-state index in [1.807, 2.05) is 31.3 Å². The number of aliphatic hydroxyl groups is 1. The van der Waals surface area contributed by atoms with Crippen molar-refractivity contribution in [3.05, 3.63) is 48.0 Å². The molecule has 2 N–H and O–H groups in total. The lowest BCUT2D eigenvalue weighted by molar-refractivity contribution is 0.0474. The molecule has 4 nitrogen and oxygen atoms in total. The summed E-state index contributed by atoms with van der Waals surface area (Å²) >= 11 is 0. The van der Waals surface area contributed by atoms with Gasteiger partial charge in [0.15, 0.2) is 0 Å². The molecule has 0 radical (unpaired) electrons. The Kier molecular flexibility index (Phi) is 4.08. The number of para-hydroxylation sites is 1. The molecule has 1 saturated carbocycles. The van der Waals surface area contributed by atoms with E-state index < -0.39 is 5.60 Å². The van der Waals surface area contributed by atoms with E-state index in [1.54, 1.807) is 0 Å². The van der Waals surface area contributed by atoms with Crippen molar-refractivity contribution in [2.24, 2.45) is 0 Å². The van der Waals surface area contributed by atoms with Gasteiger partial charge in [-0.25, -0.2) is 4.98 Å². The molecule has 0 bridgehead atoms. The van der Waals surface area contributed by atoms with Gasteiger partial charge in [-0.15, -0.1) is 0 Å². The van der Waals surface area contributed by atoms with Crippen molar-refractivity contribution >= 4 is 0 Å². The lowest BCUT2D eigenvalue weighted by Crippen LogP contribution is -2.37. The molecule has 0 amide bonds. The van der Waals surface area contributed by atoms with Crippen molar-refractivity contribution in [3.8, 4) is 5.69 Å². The first-order valence-corrected chi connectivity index (χ1v) is 7.70. The van der Waals surface area contributed by atoms with Gasteiger partial charge < -0.3 is 10.4 Å². The highest BCUT2D eigenvalue weighted by Crippen LogP contribution is 2.28. The number of rotatable bonds is 5. The second kappa shape index (κ2) is 6.00. The summed E-state index contributed by atoms with van der Waals surface area (Å²) in [5, 5.41) is 13.8. The van der Waals surface area contributed by atoms with E-state index in [0.717, 1.165) is 49.4 Å². The third kappa shape index (κ3) is 3.17. The lowest BCUT2D eigenvalue weighted by atomic mass is 10.0. The third-order valence-electron chi connectivity index (χ3n) is 4.32. The number of hydrogen-bond acceptors (Lipinski definition) is 3. The quantitative estimate of drug-likeness (QED) is 0.887. The van der Waals surface area contributed by atoms with Crippen molar-refractivity contribution in [1.82, 2.24) is 14.9 Å². The van der Waals surface area contributed by atoms with Gasteiger partial charge in [-0.05, 0) is 31.9 Å². The van der Waals surface area contributed by atoms with Crippen LogP contribution in [0.4, 0.5) is 0 Å². The average molecular weight is 285 g/mol. The van der Waals surface area contributed by atoms with Gasteiger partial charge in [0, 0.05) is 18.8 Å². The maximum absolute atomic E-state index is 10.4. The van der Waals surface area contributed by atoms with Crippen molar-refractivity contribution in [2.45, 2.75) is 44.8 Å². The molecule has 21 heavy (non-hydrogen) atoms. The minimum Gasteiger partial charge on any atom is -0.389 e. The van der Waals surface area contributed by atoms with Crippen LogP contribution < -0.4 is 5.32 Å². The van der Waals surface area contributed by atoms with E-state index >= 15 is 0 Å². The predicted octanol–water partition coefficient (Wildman–Crippen LogP) is 2.58. The Bertz CT molecular complexity index is 585. The average Bonchev–Trinajstić information content (AvgIpc) is 3.07. The molecule has 1 fully saturated rings. The molecular formula is C17H23N3O. The summed E-state index contributed by atoms with van der Waals surface area (Å²) in [7, 11) is 0. The maximum Gasteiger partial charge on any atom is 0.110 e. The van der Waals surface area contributed by atoms with Crippen molar-refractivity contribution in [3.63, 3.8) is 0 Å². The molecule has 2 aromatic rings. The van der Waals surface area contributed by atoms with Gasteiger partial charge in [-0.1, -0.05) is 31.0 Å². The van der Waals surface area contributed by atoms with Crippen molar-refractivity contribution in [2.75, 3.05) is 6.54 Å². The van der Waals surface area contributed by atoms with E-state index in [9.17, 15) is 5.11 Å². The topological polar surface area (TPSA) is 50.1 Å². The van der Waals surface area contributed by atoms with Crippen LogP contribution in [0, 0.1) is 6.92 Å². The minimum atomic E-state index is -0.507. The van der Waals surface area contributed by atoms with Crippen molar-refractivity contribution < 1.29 is 5.11 Å². The van der Waals surface area contributed by atoms with Gasteiger partial charge >= 0.3 is 0 Å². The Morgan fingerprint density at radius 1 is 1.24 bits per heavy atom. The van der Waals surface area contributed by atoms with Crippen LogP contribution in [-0.2, 0) is 6.54 Å². The molecule has 0 spiro atoms. The van der Waals surface area contributed by atoms with Crippen LogP contribution in [0.2, 0.25) is 0 Å². The fourth-order valence-electron chi connectivity index (χ4n) is 3.18. The molecule has 0 aliphatic heterocycles. The Morgan fingerprint density at radius 2 is 1.95 bits per heavy atom. The largest absolute Gasteiger partial charge is 0.389 e. The Hall–Kier alpha value is -1.65. The summed E-state index contributed by atoms with van der Waals surface area (Å²) in [5.41, 5.74) is 1.75. The van der Waals surface area contributed by atoms with Crippen LogP contribution in [0.25, 0.3) is 5.69 Å². The molecule has 0 saturated heterocycles. The zero-order valence-electron chi connectivity index (χ0n) is 12.5. The van der Waals surface area contributed by atoms with Gasteiger partial charge in [0.1, 0.15) is 5.82 Å². The van der Waals surface area contributed by atoms with Gasteiger partial charge in [0.2, 0.25) is 0 Å². The maximum atomic E-state index is 10.4. The normalized spacial score (nSPS) is 17.2. The van der Waals surface area contributed by atoms with Gasteiger partial charge in [-0.2, -0.15) is 0 Å². The highest BCUT2D eigenvalue weighted by molar-refractivity contribution is 5.35. The van der Waals surface area contributed by atoms with E-state index in [1.165, 1.54) is 0 Å². The first-order chi connectivity index (χ1) is 10.2. The molecule has 0 unspecified atom stereocenters. The number of nitrogens with zero attached hydrogens (tertiary/aromatic N) is 2. The summed E-state index contributed by atoms with van der Waals surface area (Å²) in [5.74, 6) is 0.984. The van der Waals surface area contributed by atoms with Crippen molar-refractivity contribution in [1.29, 1.82) is 0 Å². The van der Waals surface area contributed by atoms with E-state index in [2.05, 4.69) is 27.0 Å². The molecule has 1 heterocycles. The SMILES string of the molecule is Cc1ncc(CNCC2(O)CCCC2)n1-c1ccccc1. The molecular weight excluding hydrogens is 262 g/mol. The number of aromatic nitrogens is 2. The molecule has 1 aromatic carbocycles. The first kappa shape index (κ1) is 14.3. The molecule has 1 aromatic heterocycles. The number of nitrogens with one attached hydrogen (secondary N) is 1.